The van der Waals surface area contributed by atoms with Gasteiger partial charge in [0.25, 0.3) is 0 Å². The maximum atomic E-state index is 12.4. The smallest absolute Gasteiger partial charge is 0.410 e. The summed E-state index contributed by atoms with van der Waals surface area (Å²) in [6.07, 6.45) is -0.358. The minimum atomic E-state index is -0.537. The SMILES string of the molecule is CC(C)(C)OC(=O)N1CCOCC1c1ccc(N)cc1Cl. The van der Waals surface area contributed by atoms with Gasteiger partial charge in [-0.2, -0.15) is 0 Å². The van der Waals surface area contributed by atoms with E-state index in [0.717, 1.165) is 5.56 Å². The number of rotatable bonds is 1. The molecule has 1 saturated heterocycles. The highest BCUT2D eigenvalue weighted by atomic mass is 35.5. The van der Waals surface area contributed by atoms with Crippen LogP contribution in [0.3, 0.4) is 0 Å². The van der Waals surface area contributed by atoms with E-state index in [-0.39, 0.29) is 12.1 Å². The summed E-state index contributed by atoms with van der Waals surface area (Å²) < 4.78 is 10.9. The van der Waals surface area contributed by atoms with Crippen molar-refractivity contribution in [2.45, 2.75) is 32.4 Å². The van der Waals surface area contributed by atoms with Crippen molar-refractivity contribution >= 4 is 23.4 Å². The van der Waals surface area contributed by atoms with Crippen LogP contribution in [0.5, 0.6) is 0 Å². The molecule has 116 valence electrons. The molecular weight excluding hydrogens is 292 g/mol. The van der Waals surface area contributed by atoms with Crippen LogP contribution in [0.25, 0.3) is 0 Å². The summed E-state index contributed by atoms with van der Waals surface area (Å²) in [6.45, 7) is 6.88. The summed E-state index contributed by atoms with van der Waals surface area (Å²) in [5.41, 5.74) is 6.58. The lowest BCUT2D eigenvalue weighted by molar-refractivity contribution is -0.0330. The molecule has 1 heterocycles. The van der Waals surface area contributed by atoms with Gasteiger partial charge in [-0.15, -0.1) is 0 Å². The van der Waals surface area contributed by atoms with Gasteiger partial charge in [-0.3, -0.25) is 4.90 Å². The number of anilines is 1. The van der Waals surface area contributed by atoms with Crippen LogP contribution < -0.4 is 5.73 Å². The number of benzene rings is 1. The number of amides is 1. The largest absolute Gasteiger partial charge is 0.444 e. The van der Waals surface area contributed by atoms with E-state index in [1.165, 1.54) is 0 Å². The monoisotopic (exact) mass is 312 g/mol. The van der Waals surface area contributed by atoms with Crippen LogP contribution in [-0.4, -0.2) is 36.4 Å². The molecule has 2 N–H and O–H groups in total. The predicted octanol–water partition coefficient (Wildman–Crippen LogP) is 3.23. The average Bonchev–Trinajstić information content (AvgIpc) is 2.37. The molecule has 1 fully saturated rings. The zero-order chi connectivity index (χ0) is 15.6. The first-order valence-electron chi connectivity index (χ1n) is 6.90. The Morgan fingerprint density at radius 3 is 2.81 bits per heavy atom. The van der Waals surface area contributed by atoms with Crippen molar-refractivity contribution < 1.29 is 14.3 Å². The molecule has 0 aliphatic carbocycles. The number of hydrogen-bond acceptors (Lipinski definition) is 4. The highest BCUT2D eigenvalue weighted by molar-refractivity contribution is 6.31. The van der Waals surface area contributed by atoms with Crippen LogP contribution >= 0.6 is 11.6 Å². The van der Waals surface area contributed by atoms with E-state index < -0.39 is 5.60 Å². The molecule has 1 aliphatic rings. The van der Waals surface area contributed by atoms with Crippen LogP contribution in [0.2, 0.25) is 5.02 Å². The second-order valence-corrected chi connectivity index (χ2v) is 6.45. The molecular formula is C15H21ClN2O3. The number of hydrogen-bond donors (Lipinski definition) is 1. The average molecular weight is 313 g/mol. The summed E-state index contributed by atoms with van der Waals surface area (Å²) in [5, 5.41) is 0.527. The Kier molecular flexibility index (Phi) is 4.64. The molecule has 5 nitrogen and oxygen atoms in total. The van der Waals surface area contributed by atoms with E-state index in [0.29, 0.717) is 30.5 Å². The van der Waals surface area contributed by atoms with Crippen molar-refractivity contribution in [2.24, 2.45) is 0 Å². The van der Waals surface area contributed by atoms with E-state index in [4.69, 9.17) is 26.8 Å². The van der Waals surface area contributed by atoms with Gasteiger partial charge in [0.15, 0.2) is 0 Å². The Labute approximate surface area is 130 Å². The van der Waals surface area contributed by atoms with Gasteiger partial charge in [0, 0.05) is 17.3 Å². The standard InChI is InChI=1S/C15H21ClN2O3/c1-15(2,3)21-14(19)18-6-7-20-9-13(18)11-5-4-10(17)8-12(11)16/h4-5,8,13H,6-7,9,17H2,1-3H3. The topological polar surface area (TPSA) is 64.8 Å². The minimum absolute atomic E-state index is 0.262. The van der Waals surface area contributed by atoms with E-state index >= 15 is 0 Å². The van der Waals surface area contributed by atoms with Gasteiger partial charge in [-0.05, 0) is 38.5 Å². The van der Waals surface area contributed by atoms with Crippen LogP contribution in [0, 0.1) is 0 Å². The van der Waals surface area contributed by atoms with Gasteiger partial charge in [0.2, 0.25) is 0 Å². The lowest BCUT2D eigenvalue weighted by Gasteiger charge is -2.37. The molecule has 1 atom stereocenters. The number of morpholine rings is 1. The number of halogens is 1. The van der Waals surface area contributed by atoms with E-state index in [1.807, 2.05) is 26.8 Å². The second-order valence-electron chi connectivity index (χ2n) is 6.05. The van der Waals surface area contributed by atoms with Gasteiger partial charge in [-0.25, -0.2) is 4.79 Å². The van der Waals surface area contributed by atoms with Crippen molar-refractivity contribution in [3.63, 3.8) is 0 Å². The molecule has 1 amide bonds. The summed E-state index contributed by atoms with van der Waals surface area (Å²) in [7, 11) is 0. The van der Waals surface area contributed by atoms with Crippen molar-refractivity contribution in [3.8, 4) is 0 Å². The number of nitrogens with two attached hydrogens (primary N) is 1. The van der Waals surface area contributed by atoms with Crippen molar-refractivity contribution in [1.82, 2.24) is 4.90 Å². The van der Waals surface area contributed by atoms with Crippen LogP contribution in [0.1, 0.15) is 32.4 Å². The molecule has 0 bridgehead atoms. The highest BCUT2D eigenvalue weighted by Gasteiger charge is 2.33. The third kappa shape index (κ3) is 4.02. The van der Waals surface area contributed by atoms with Crippen molar-refractivity contribution in [3.05, 3.63) is 28.8 Å². The number of nitrogens with zero attached hydrogens (tertiary/aromatic N) is 1. The Bertz CT molecular complexity index is 528. The molecule has 1 aromatic rings. The Hall–Kier alpha value is -1.46. The Morgan fingerprint density at radius 2 is 2.19 bits per heavy atom. The number of carbonyl (C=O) groups is 1. The zero-order valence-corrected chi connectivity index (χ0v) is 13.3. The molecule has 0 saturated carbocycles. The van der Waals surface area contributed by atoms with Crippen molar-refractivity contribution in [2.75, 3.05) is 25.5 Å². The second kappa shape index (κ2) is 6.12. The maximum Gasteiger partial charge on any atom is 0.410 e. The van der Waals surface area contributed by atoms with Crippen LogP contribution in [0.4, 0.5) is 10.5 Å². The highest BCUT2D eigenvalue weighted by Crippen LogP contribution is 2.32. The molecule has 0 aromatic heterocycles. The molecule has 21 heavy (non-hydrogen) atoms. The molecule has 0 spiro atoms. The minimum Gasteiger partial charge on any atom is -0.444 e. The fourth-order valence-corrected chi connectivity index (χ4v) is 2.53. The zero-order valence-electron chi connectivity index (χ0n) is 12.6. The first kappa shape index (κ1) is 15.9. The van der Waals surface area contributed by atoms with Gasteiger partial charge in [0.05, 0.1) is 19.3 Å². The maximum absolute atomic E-state index is 12.4. The molecule has 1 aliphatic heterocycles. The van der Waals surface area contributed by atoms with E-state index in [2.05, 4.69) is 0 Å². The van der Waals surface area contributed by atoms with Gasteiger partial charge >= 0.3 is 6.09 Å². The van der Waals surface area contributed by atoms with Gasteiger partial charge in [0.1, 0.15) is 5.60 Å². The van der Waals surface area contributed by atoms with Crippen LogP contribution in [-0.2, 0) is 9.47 Å². The summed E-state index contributed by atoms with van der Waals surface area (Å²) in [4.78, 5) is 14.0. The van der Waals surface area contributed by atoms with Crippen LogP contribution in [0.15, 0.2) is 18.2 Å². The predicted molar refractivity (Wildman–Crippen MR) is 82.4 cm³/mol. The first-order valence-corrected chi connectivity index (χ1v) is 7.28. The van der Waals surface area contributed by atoms with E-state index in [1.54, 1.807) is 17.0 Å². The Morgan fingerprint density at radius 1 is 1.48 bits per heavy atom. The molecule has 1 unspecified atom stereocenters. The summed E-state index contributed by atoms with van der Waals surface area (Å²) >= 11 is 6.25. The number of carbonyl (C=O) groups excluding carboxylic acids is 1. The third-order valence-electron chi connectivity index (χ3n) is 3.14. The quantitative estimate of drug-likeness (QED) is 0.809. The van der Waals surface area contributed by atoms with Gasteiger partial charge in [-0.1, -0.05) is 17.7 Å². The lowest BCUT2D eigenvalue weighted by atomic mass is 10.0. The van der Waals surface area contributed by atoms with Gasteiger partial charge < -0.3 is 15.2 Å². The molecule has 1 aromatic carbocycles. The molecule has 0 radical (unpaired) electrons. The number of ether oxygens (including phenoxy) is 2. The summed E-state index contributed by atoms with van der Waals surface area (Å²) in [5.74, 6) is 0. The van der Waals surface area contributed by atoms with E-state index in [9.17, 15) is 4.79 Å². The molecule has 6 heteroatoms. The normalized spacial score (nSPS) is 19.4. The first-order chi connectivity index (χ1) is 9.78. The van der Waals surface area contributed by atoms with Crippen molar-refractivity contribution in [1.29, 1.82) is 0 Å². The summed E-state index contributed by atoms with van der Waals surface area (Å²) in [6, 6.07) is 5.01. The lowest BCUT2D eigenvalue weighted by Crippen LogP contribution is -2.45. The third-order valence-corrected chi connectivity index (χ3v) is 3.47. The fourth-order valence-electron chi connectivity index (χ4n) is 2.21. The molecule has 2 rings (SSSR count). The fraction of sp³-hybridized carbons (Fsp3) is 0.533. The Balaban J connectivity index is 2.24. The number of nitrogen functional groups attached to an aromatic ring is 1.